The normalized spacial score (nSPS) is 14.4. The molecule has 3 rings (SSSR count). The van der Waals surface area contributed by atoms with Crippen molar-refractivity contribution in [2.24, 2.45) is 4.99 Å². The third-order valence-electron chi connectivity index (χ3n) is 4.10. The van der Waals surface area contributed by atoms with E-state index >= 15 is 0 Å². The maximum atomic E-state index is 12.3. The number of hydrogen-bond acceptors (Lipinski definition) is 7. The van der Waals surface area contributed by atoms with Crippen LogP contribution in [0.15, 0.2) is 45.5 Å². The van der Waals surface area contributed by atoms with Gasteiger partial charge in [0.25, 0.3) is 5.69 Å². The number of carbonyl (C=O) groups is 1. The number of benzene rings is 2. The quantitative estimate of drug-likeness (QED) is 0.200. The van der Waals surface area contributed by atoms with E-state index in [1.54, 1.807) is 18.2 Å². The lowest BCUT2D eigenvalue weighted by atomic mass is 10.1. The van der Waals surface area contributed by atoms with Crippen LogP contribution in [0.4, 0.5) is 5.69 Å². The monoisotopic (exact) mass is 508 g/mol. The fraction of sp³-hybridized carbons (Fsp3) is 0.238. The standard InChI is InChI=1S/C21H18BrClN2O6/c1-3-7-30-19-15(22)8-12(10-18(19)29-4-2)9-17-21(26)31-20(24-17)14-6-5-13(25(27)28)11-16(14)23/h5-6,8-11H,3-4,7H2,1-2H3/b17-9-. The predicted molar refractivity (Wildman–Crippen MR) is 120 cm³/mol. The molecule has 8 nitrogen and oxygen atoms in total. The molecule has 0 fully saturated rings. The lowest BCUT2D eigenvalue weighted by molar-refractivity contribution is -0.384. The van der Waals surface area contributed by atoms with Crippen molar-refractivity contribution in [1.82, 2.24) is 0 Å². The zero-order valence-corrected chi connectivity index (χ0v) is 19.0. The number of carbonyl (C=O) groups excluding carboxylic acids is 1. The van der Waals surface area contributed by atoms with Crippen LogP contribution in [0, 0.1) is 10.1 Å². The molecule has 1 heterocycles. The second kappa shape index (κ2) is 9.93. The van der Waals surface area contributed by atoms with Crippen LogP contribution in [0.2, 0.25) is 5.02 Å². The first-order valence-corrected chi connectivity index (χ1v) is 10.6. The first-order valence-electron chi connectivity index (χ1n) is 9.40. The summed E-state index contributed by atoms with van der Waals surface area (Å²) >= 11 is 9.59. The lowest BCUT2D eigenvalue weighted by Crippen LogP contribution is -2.06. The highest BCUT2D eigenvalue weighted by molar-refractivity contribution is 9.10. The van der Waals surface area contributed by atoms with E-state index in [0.29, 0.717) is 34.7 Å². The van der Waals surface area contributed by atoms with Crippen molar-refractivity contribution in [3.05, 3.63) is 66.8 Å². The van der Waals surface area contributed by atoms with Gasteiger partial charge in [-0.2, -0.15) is 0 Å². The molecule has 2 aromatic rings. The number of nitro groups is 1. The molecule has 0 saturated carbocycles. The third kappa shape index (κ3) is 5.23. The van der Waals surface area contributed by atoms with Crippen molar-refractivity contribution in [3.8, 4) is 11.5 Å². The third-order valence-corrected chi connectivity index (χ3v) is 5.00. The van der Waals surface area contributed by atoms with E-state index in [4.69, 9.17) is 25.8 Å². The fourth-order valence-corrected chi connectivity index (χ4v) is 3.58. The highest BCUT2D eigenvalue weighted by atomic mass is 79.9. The number of cyclic esters (lactones) is 1. The molecule has 31 heavy (non-hydrogen) atoms. The van der Waals surface area contributed by atoms with Gasteiger partial charge in [-0.3, -0.25) is 10.1 Å². The van der Waals surface area contributed by atoms with Gasteiger partial charge in [0.2, 0.25) is 5.90 Å². The van der Waals surface area contributed by atoms with Gasteiger partial charge in [-0.05, 0) is 59.1 Å². The molecule has 2 aromatic carbocycles. The Morgan fingerprint density at radius 1 is 1.26 bits per heavy atom. The highest BCUT2D eigenvalue weighted by Crippen LogP contribution is 2.38. The summed E-state index contributed by atoms with van der Waals surface area (Å²) in [7, 11) is 0. The molecule has 1 aliphatic rings. The first-order chi connectivity index (χ1) is 14.8. The number of non-ortho nitro benzene ring substituents is 1. The predicted octanol–water partition coefficient (Wildman–Crippen LogP) is 5.54. The average Bonchev–Trinajstić information content (AvgIpc) is 3.07. The molecule has 1 aliphatic heterocycles. The van der Waals surface area contributed by atoms with E-state index in [-0.39, 0.29) is 27.9 Å². The van der Waals surface area contributed by atoms with Crippen LogP contribution in [-0.4, -0.2) is 30.0 Å². The minimum Gasteiger partial charge on any atom is -0.490 e. The second-order valence-electron chi connectivity index (χ2n) is 6.37. The van der Waals surface area contributed by atoms with Crippen LogP contribution in [0.25, 0.3) is 6.08 Å². The molecule has 0 atom stereocenters. The summed E-state index contributed by atoms with van der Waals surface area (Å²) in [6, 6.07) is 7.35. The number of esters is 1. The van der Waals surface area contributed by atoms with Gasteiger partial charge in [-0.25, -0.2) is 9.79 Å². The van der Waals surface area contributed by atoms with E-state index in [1.165, 1.54) is 18.2 Å². The van der Waals surface area contributed by atoms with Gasteiger partial charge in [0.05, 0.1) is 33.2 Å². The van der Waals surface area contributed by atoms with Gasteiger partial charge in [0.15, 0.2) is 17.2 Å². The number of halogens is 2. The summed E-state index contributed by atoms with van der Waals surface area (Å²) in [5, 5.41) is 10.9. The number of nitrogens with zero attached hydrogens (tertiary/aromatic N) is 2. The van der Waals surface area contributed by atoms with Gasteiger partial charge < -0.3 is 14.2 Å². The number of rotatable bonds is 8. The topological polar surface area (TPSA) is 100 Å². The summed E-state index contributed by atoms with van der Waals surface area (Å²) in [4.78, 5) is 26.9. The van der Waals surface area contributed by atoms with Crippen LogP contribution in [-0.2, 0) is 9.53 Å². The van der Waals surface area contributed by atoms with E-state index < -0.39 is 10.9 Å². The summed E-state index contributed by atoms with van der Waals surface area (Å²) in [5.41, 5.74) is 0.809. The molecule has 0 radical (unpaired) electrons. The van der Waals surface area contributed by atoms with E-state index in [2.05, 4.69) is 20.9 Å². The van der Waals surface area contributed by atoms with E-state index in [9.17, 15) is 14.9 Å². The van der Waals surface area contributed by atoms with Crippen molar-refractivity contribution < 1.29 is 23.9 Å². The van der Waals surface area contributed by atoms with Gasteiger partial charge in [-0.15, -0.1) is 0 Å². The van der Waals surface area contributed by atoms with Crippen molar-refractivity contribution in [2.75, 3.05) is 13.2 Å². The molecule has 0 saturated heterocycles. The molecule has 0 aromatic heterocycles. The summed E-state index contributed by atoms with van der Waals surface area (Å²) in [6.45, 7) is 4.85. The molecule has 10 heteroatoms. The molecule has 0 aliphatic carbocycles. The van der Waals surface area contributed by atoms with Crippen LogP contribution in [0.5, 0.6) is 11.5 Å². The van der Waals surface area contributed by atoms with E-state index in [0.717, 1.165) is 6.42 Å². The smallest absolute Gasteiger partial charge is 0.363 e. The lowest BCUT2D eigenvalue weighted by Gasteiger charge is -2.14. The Labute approximate surface area is 191 Å². The zero-order chi connectivity index (χ0) is 22.5. The fourth-order valence-electron chi connectivity index (χ4n) is 2.75. The number of hydrogen-bond donors (Lipinski definition) is 0. The largest absolute Gasteiger partial charge is 0.490 e. The molecule has 0 spiro atoms. The minimum atomic E-state index is -0.662. The molecule has 0 N–H and O–H groups in total. The van der Waals surface area contributed by atoms with Crippen LogP contribution in [0.1, 0.15) is 31.4 Å². The van der Waals surface area contributed by atoms with Gasteiger partial charge in [0, 0.05) is 12.1 Å². The Kier molecular flexibility index (Phi) is 7.29. The van der Waals surface area contributed by atoms with Crippen molar-refractivity contribution in [1.29, 1.82) is 0 Å². The summed E-state index contributed by atoms with van der Waals surface area (Å²) in [6.07, 6.45) is 2.39. The van der Waals surface area contributed by atoms with Crippen molar-refractivity contribution in [3.63, 3.8) is 0 Å². The molecule has 0 amide bonds. The van der Waals surface area contributed by atoms with E-state index in [1.807, 2.05) is 13.8 Å². The minimum absolute atomic E-state index is 0.0249. The van der Waals surface area contributed by atoms with Gasteiger partial charge in [-0.1, -0.05) is 18.5 Å². The molecule has 0 bridgehead atoms. The number of aliphatic imine (C=N–C) groups is 1. The maximum absolute atomic E-state index is 12.3. The van der Waals surface area contributed by atoms with Crippen LogP contribution in [0.3, 0.4) is 0 Å². The van der Waals surface area contributed by atoms with Crippen molar-refractivity contribution >= 4 is 51.2 Å². The highest BCUT2D eigenvalue weighted by Gasteiger charge is 2.27. The van der Waals surface area contributed by atoms with Crippen molar-refractivity contribution in [2.45, 2.75) is 20.3 Å². The molecule has 0 unspecified atom stereocenters. The Morgan fingerprint density at radius 3 is 2.68 bits per heavy atom. The molecular weight excluding hydrogens is 492 g/mol. The Bertz CT molecular complexity index is 1100. The van der Waals surface area contributed by atoms with Crippen LogP contribution < -0.4 is 9.47 Å². The Morgan fingerprint density at radius 2 is 2.03 bits per heavy atom. The second-order valence-corrected chi connectivity index (χ2v) is 7.63. The summed E-state index contributed by atoms with van der Waals surface area (Å²) in [5.74, 6) is 0.431. The van der Waals surface area contributed by atoms with Gasteiger partial charge in [0.1, 0.15) is 0 Å². The van der Waals surface area contributed by atoms with Crippen LogP contribution >= 0.6 is 27.5 Å². The first kappa shape index (κ1) is 22.8. The molecule has 162 valence electrons. The summed E-state index contributed by atoms with van der Waals surface area (Å²) < 4.78 is 17.3. The Balaban J connectivity index is 1.95. The van der Waals surface area contributed by atoms with Gasteiger partial charge >= 0.3 is 5.97 Å². The SMILES string of the molecule is CCCOc1c(Br)cc(/C=C2\N=C(c3ccc([N+](=O)[O-])cc3Cl)OC2=O)cc1OCC. The zero-order valence-electron chi connectivity index (χ0n) is 16.7. The maximum Gasteiger partial charge on any atom is 0.363 e. The number of ether oxygens (including phenoxy) is 3. The number of nitro benzene ring substituents is 1. The average molecular weight is 510 g/mol. The Hall–Kier alpha value is -2.91. The molecular formula is C21H18BrClN2O6.